The van der Waals surface area contributed by atoms with Gasteiger partial charge in [0.05, 0.1) is 22.1 Å². The second-order valence-corrected chi connectivity index (χ2v) is 4.96. The molecule has 5 nitrogen and oxygen atoms in total. The summed E-state index contributed by atoms with van der Waals surface area (Å²) in [4.78, 5) is 20.4. The molecular weight excluding hydrogens is 343 g/mol. The van der Waals surface area contributed by atoms with Crippen LogP contribution in [0.2, 0.25) is 0 Å². The van der Waals surface area contributed by atoms with Crippen molar-refractivity contribution in [3.63, 3.8) is 0 Å². The summed E-state index contributed by atoms with van der Waals surface area (Å²) in [5, 5.41) is 2.97. The Hall–Kier alpha value is -1.44. The molecular formula is C12H13IN4O. The Morgan fingerprint density at radius 2 is 2.22 bits per heavy atom. The summed E-state index contributed by atoms with van der Waals surface area (Å²) in [6, 6.07) is 3.80. The van der Waals surface area contributed by atoms with E-state index in [9.17, 15) is 4.79 Å². The molecule has 0 saturated carbocycles. The van der Waals surface area contributed by atoms with Crippen LogP contribution in [0.1, 0.15) is 11.3 Å². The van der Waals surface area contributed by atoms with E-state index in [1.54, 1.807) is 17.1 Å². The summed E-state index contributed by atoms with van der Waals surface area (Å²) < 4.78 is 2.27. The normalized spacial score (nSPS) is 10.4. The summed E-state index contributed by atoms with van der Waals surface area (Å²) in [6.07, 6.45) is 3.30. The number of nitrogens with zero attached hydrogens (tertiary/aromatic N) is 3. The highest BCUT2D eigenvalue weighted by Crippen LogP contribution is 2.08. The molecule has 18 heavy (non-hydrogen) atoms. The monoisotopic (exact) mass is 356 g/mol. The minimum absolute atomic E-state index is 0.00841. The maximum absolute atomic E-state index is 12.0. The number of hydrogen-bond acceptors (Lipinski definition) is 4. The molecule has 0 aliphatic rings. The van der Waals surface area contributed by atoms with Crippen LogP contribution in [0.5, 0.6) is 0 Å². The van der Waals surface area contributed by atoms with Gasteiger partial charge in [0.1, 0.15) is 5.82 Å². The summed E-state index contributed by atoms with van der Waals surface area (Å²) >= 11 is 2.03. The predicted octanol–water partition coefficient (Wildman–Crippen LogP) is 1.64. The molecule has 94 valence electrons. The van der Waals surface area contributed by atoms with E-state index in [1.165, 1.54) is 0 Å². The molecule has 0 fully saturated rings. The van der Waals surface area contributed by atoms with Gasteiger partial charge < -0.3 is 5.32 Å². The molecule has 1 N–H and O–H groups in total. The summed E-state index contributed by atoms with van der Waals surface area (Å²) in [5.74, 6) is 0.787. The Labute approximate surface area is 118 Å². The summed E-state index contributed by atoms with van der Waals surface area (Å²) in [7, 11) is 1.81. The molecule has 0 radical (unpaired) electrons. The minimum Gasteiger partial charge on any atom is -0.373 e. The van der Waals surface area contributed by atoms with Crippen LogP contribution in [-0.4, -0.2) is 21.6 Å². The van der Waals surface area contributed by atoms with Crippen LogP contribution < -0.4 is 10.9 Å². The average molecular weight is 356 g/mol. The van der Waals surface area contributed by atoms with Gasteiger partial charge in [-0.1, -0.05) is 0 Å². The van der Waals surface area contributed by atoms with E-state index >= 15 is 0 Å². The van der Waals surface area contributed by atoms with Crippen molar-refractivity contribution in [1.29, 1.82) is 0 Å². The van der Waals surface area contributed by atoms with Gasteiger partial charge in [-0.15, -0.1) is 0 Å². The average Bonchev–Trinajstić information content (AvgIpc) is 2.40. The SMILES string of the molecule is CNc1cc(Cn2cnc(C)c(I)c2=O)ccn1. The first kappa shape index (κ1) is 13.0. The molecule has 0 unspecified atom stereocenters. The van der Waals surface area contributed by atoms with E-state index in [1.807, 2.05) is 48.7 Å². The Bertz CT molecular complexity index is 624. The second-order valence-electron chi connectivity index (χ2n) is 3.88. The van der Waals surface area contributed by atoms with Gasteiger partial charge in [0.15, 0.2) is 0 Å². The molecule has 0 bridgehead atoms. The van der Waals surface area contributed by atoms with Crippen LogP contribution in [0, 0.1) is 10.5 Å². The maximum Gasteiger partial charge on any atom is 0.267 e. The zero-order chi connectivity index (χ0) is 13.1. The van der Waals surface area contributed by atoms with Crippen LogP contribution in [0.3, 0.4) is 0 Å². The van der Waals surface area contributed by atoms with Gasteiger partial charge in [-0.05, 0) is 47.2 Å². The van der Waals surface area contributed by atoms with Crippen LogP contribution in [-0.2, 0) is 6.54 Å². The molecule has 2 heterocycles. The number of aromatic nitrogens is 3. The van der Waals surface area contributed by atoms with E-state index in [-0.39, 0.29) is 5.56 Å². The summed E-state index contributed by atoms with van der Waals surface area (Å²) in [6.45, 7) is 2.33. The molecule has 0 atom stereocenters. The number of hydrogen-bond donors (Lipinski definition) is 1. The first-order chi connectivity index (χ1) is 8.61. The molecule has 0 spiro atoms. The first-order valence-corrected chi connectivity index (χ1v) is 6.54. The number of aryl methyl sites for hydroxylation is 1. The number of halogens is 1. The number of anilines is 1. The summed E-state index contributed by atoms with van der Waals surface area (Å²) in [5.41, 5.74) is 1.77. The van der Waals surface area contributed by atoms with E-state index in [0.29, 0.717) is 10.1 Å². The Morgan fingerprint density at radius 1 is 1.44 bits per heavy atom. The lowest BCUT2D eigenvalue weighted by Crippen LogP contribution is -2.24. The lowest BCUT2D eigenvalue weighted by molar-refractivity contribution is 0.723. The molecule has 0 aromatic carbocycles. The van der Waals surface area contributed by atoms with Crippen molar-refractivity contribution in [2.24, 2.45) is 0 Å². The van der Waals surface area contributed by atoms with Crippen LogP contribution in [0.25, 0.3) is 0 Å². The largest absolute Gasteiger partial charge is 0.373 e. The van der Waals surface area contributed by atoms with E-state index in [4.69, 9.17) is 0 Å². The van der Waals surface area contributed by atoms with Gasteiger partial charge >= 0.3 is 0 Å². The zero-order valence-electron chi connectivity index (χ0n) is 10.1. The number of nitrogens with one attached hydrogen (secondary N) is 1. The van der Waals surface area contributed by atoms with Crippen LogP contribution in [0.15, 0.2) is 29.5 Å². The zero-order valence-corrected chi connectivity index (χ0v) is 12.3. The first-order valence-electron chi connectivity index (χ1n) is 5.46. The van der Waals surface area contributed by atoms with E-state index in [2.05, 4.69) is 15.3 Å². The van der Waals surface area contributed by atoms with Gasteiger partial charge in [-0.2, -0.15) is 0 Å². The molecule has 2 rings (SSSR count). The predicted molar refractivity (Wildman–Crippen MR) is 78.8 cm³/mol. The standard InChI is InChI=1S/C12H13IN4O/c1-8-11(13)12(18)17(7-16-8)6-9-3-4-15-10(5-9)14-2/h3-5,7H,6H2,1-2H3,(H,14,15). The highest BCUT2D eigenvalue weighted by atomic mass is 127. The third kappa shape index (κ3) is 2.69. The molecule has 0 aliphatic carbocycles. The lowest BCUT2D eigenvalue weighted by atomic mass is 10.2. The van der Waals surface area contributed by atoms with Gasteiger partial charge in [-0.25, -0.2) is 9.97 Å². The van der Waals surface area contributed by atoms with Crippen molar-refractivity contribution >= 4 is 28.4 Å². The number of pyridine rings is 1. The van der Waals surface area contributed by atoms with E-state index < -0.39 is 0 Å². The third-order valence-electron chi connectivity index (χ3n) is 2.59. The molecule has 6 heteroatoms. The fourth-order valence-electron chi connectivity index (χ4n) is 1.56. The van der Waals surface area contributed by atoms with E-state index in [0.717, 1.165) is 17.1 Å². The van der Waals surface area contributed by atoms with Crippen LogP contribution in [0.4, 0.5) is 5.82 Å². The van der Waals surface area contributed by atoms with Gasteiger partial charge in [0.2, 0.25) is 0 Å². The van der Waals surface area contributed by atoms with Crippen molar-refractivity contribution in [1.82, 2.24) is 14.5 Å². The quantitative estimate of drug-likeness (QED) is 0.850. The van der Waals surface area contributed by atoms with Gasteiger partial charge in [0.25, 0.3) is 5.56 Å². The highest BCUT2D eigenvalue weighted by molar-refractivity contribution is 14.1. The topological polar surface area (TPSA) is 59.8 Å². The molecule has 2 aromatic rings. The molecule has 0 saturated heterocycles. The van der Waals surface area contributed by atoms with Crippen molar-refractivity contribution < 1.29 is 0 Å². The maximum atomic E-state index is 12.0. The molecule has 0 amide bonds. The van der Waals surface area contributed by atoms with Crippen molar-refractivity contribution in [3.8, 4) is 0 Å². The Morgan fingerprint density at radius 3 is 2.94 bits per heavy atom. The lowest BCUT2D eigenvalue weighted by Gasteiger charge is -2.08. The van der Waals surface area contributed by atoms with Crippen molar-refractivity contribution in [2.75, 3.05) is 12.4 Å². The molecule has 0 aliphatic heterocycles. The molecule has 2 aromatic heterocycles. The minimum atomic E-state index is -0.00841. The third-order valence-corrected chi connectivity index (χ3v) is 3.83. The smallest absolute Gasteiger partial charge is 0.267 e. The Kier molecular flexibility index (Phi) is 3.95. The fourth-order valence-corrected chi connectivity index (χ4v) is 2.01. The van der Waals surface area contributed by atoms with Crippen LogP contribution >= 0.6 is 22.6 Å². The van der Waals surface area contributed by atoms with Gasteiger partial charge in [-0.3, -0.25) is 9.36 Å². The number of rotatable bonds is 3. The van der Waals surface area contributed by atoms with Gasteiger partial charge in [0, 0.05) is 13.2 Å². The fraction of sp³-hybridized carbons (Fsp3) is 0.250. The second kappa shape index (κ2) is 5.47. The van der Waals surface area contributed by atoms with Crippen molar-refractivity contribution in [2.45, 2.75) is 13.5 Å². The highest BCUT2D eigenvalue weighted by Gasteiger charge is 2.06. The Balaban J connectivity index is 2.34. The van der Waals surface area contributed by atoms with Crippen molar-refractivity contribution in [3.05, 3.63) is 49.8 Å².